The molecule has 0 aliphatic carbocycles. The van der Waals surface area contributed by atoms with Crippen molar-refractivity contribution in [2.75, 3.05) is 19.7 Å². The van der Waals surface area contributed by atoms with E-state index in [0.717, 1.165) is 5.56 Å². The molecule has 1 amide bonds. The standard InChI is InChI=1S/C16H24N2O3/c1-4-21-15(19)11-18(12(2)3)16(20)14(10-17)13-8-6-5-7-9-13/h5-9,12,14H,4,10-11,17H2,1-3H3. The van der Waals surface area contributed by atoms with E-state index in [1.807, 2.05) is 44.2 Å². The van der Waals surface area contributed by atoms with Crippen LogP contribution in [-0.2, 0) is 14.3 Å². The highest BCUT2D eigenvalue weighted by molar-refractivity contribution is 5.87. The van der Waals surface area contributed by atoms with Crippen molar-refractivity contribution in [1.82, 2.24) is 4.90 Å². The molecule has 116 valence electrons. The van der Waals surface area contributed by atoms with Gasteiger partial charge >= 0.3 is 5.97 Å². The summed E-state index contributed by atoms with van der Waals surface area (Å²) < 4.78 is 4.93. The zero-order valence-corrected chi connectivity index (χ0v) is 12.9. The number of hydrogen-bond donors (Lipinski definition) is 1. The van der Waals surface area contributed by atoms with Gasteiger partial charge in [0.15, 0.2) is 0 Å². The van der Waals surface area contributed by atoms with Crippen LogP contribution in [0.25, 0.3) is 0 Å². The van der Waals surface area contributed by atoms with Gasteiger partial charge in [-0.15, -0.1) is 0 Å². The highest BCUT2D eigenvalue weighted by Crippen LogP contribution is 2.18. The second-order valence-corrected chi connectivity index (χ2v) is 5.06. The van der Waals surface area contributed by atoms with Gasteiger partial charge in [0.1, 0.15) is 6.54 Å². The summed E-state index contributed by atoms with van der Waals surface area (Å²) in [4.78, 5) is 25.9. The Bertz CT molecular complexity index is 460. The summed E-state index contributed by atoms with van der Waals surface area (Å²) >= 11 is 0. The van der Waals surface area contributed by atoms with Gasteiger partial charge in [-0.05, 0) is 26.3 Å². The van der Waals surface area contributed by atoms with Crippen molar-refractivity contribution in [2.24, 2.45) is 5.73 Å². The Balaban J connectivity index is 2.90. The number of hydrogen-bond acceptors (Lipinski definition) is 4. The molecule has 5 heteroatoms. The highest BCUT2D eigenvalue weighted by Gasteiger charge is 2.28. The van der Waals surface area contributed by atoms with Crippen LogP contribution in [0.2, 0.25) is 0 Å². The zero-order valence-electron chi connectivity index (χ0n) is 12.9. The lowest BCUT2D eigenvalue weighted by molar-refractivity contribution is -0.150. The fourth-order valence-corrected chi connectivity index (χ4v) is 2.13. The first kappa shape index (κ1) is 17.2. The largest absolute Gasteiger partial charge is 0.465 e. The smallest absolute Gasteiger partial charge is 0.325 e. The number of nitrogens with two attached hydrogens (primary N) is 1. The summed E-state index contributed by atoms with van der Waals surface area (Å²) in [6.07, 6.45) is 0. The molecule has 0 bridgehead atoms. The van der Waals surface area contributed by atoms with Gasteiger partial charge in [0.2, 0.25) is 5.91 Å². The summed E-state index contributed by atoms with van der Waals surface area (Å²) in [6, 6.07) is 9.28. The third-order valence-corrected chi connectivity index (χ3v) is 3.25. The molecular weight excluding hydrogens is 268 g/mol. The van der Waals surface area contributed by atoms with Crippen molar-refractivity contribution >= 4 is 11.9 Å². The Morgan fingerprint density at radius 3 is 2.33 bits per heavy atom. The molecule has 1 aromatic carbocycles. The van der Waals surface area contributed by atoms with Crippen molar-refractivity contribution in [3.8, 4) is 0 Å². The molecule has 1 atom stereocenters. The normalized spacial score (nSPS) is 12.0. The van der Waals surface area contributed by atoms with Gasteiger partial charge in [-0.3, -0.25) is 9.59 Å². The Hall–Kier alpha value is -1.88. The maximum absolute atomic E-state index is 12.7. The third-order valence-electron chi connectivity index (χ3n) is 3.25. The number of carbonyl (C=O) groups excluding carboxylic acids is 2. The molecule has 0 saturated carbocycles. The number of carbonyl (C=O) groups is 2. The molecule has 1 rings (SSSR count). The van der Waals surface area contributed by atoms with Crippen LogP contribution in [0, 0.1) is 0 Å². The van der Waals surface area contributed by atoms with E-state index in [4.69, 9.17) is 10.5 Å². The van der Waals surface area contributed by atoms with Gasteiger partial charge in [-0.1, -0.05) is 30.3 Å². The van der Waals surface area contributed by atoms with Gasteiger partial charge in [-0.2, -0.15) is 0 Å². The molecule has 1 aromatic rings. The minimum atomic E-state index is -0.442. The number of esters is 1. The maximum Gasteiger partial charge on any atom is 0.325 e. The average molecular weight is 292 g/mol. The van der Waals surface area contributed by atoms with E-state index in [1.54, 1.807) is 6.92 Å². The van der Waals surface area contributed by atoms with Crippen LogP contribution in [-0.4, -0.2) is 42.5 Å². The van der Waals surface area contributed by atoms with E-state index in [-0.39, 0.29) is 25.0 Å². The van der Waals surface area contributed by atoms with Crippen LogP contribution in [0.3, 0.4) is 0 Å². The van der Waals surface area contributed by atoms with Crippen molar-refractivity contribution in [3.63, 3.8) is 0 Å². The van der Waals surface area contributed by atoms with E-state index < -0.39 is 11.9 Å². The van der Waals surface area contributed by atoms with Gasteiger partial charge < -0.3 is 15.4 Å². The van der Waals surface area contributed by atoms with Crippen LogP contribution < -0.4 is 5.73 Å². The quantitative estimate of drug-likeness (QED) is 0.774. The second-order valence-electron chi connectivity index (χ2n) is 5.06. The predicted octanol–water partition coefficient (Wildman–Crippen LogP) is 1.53. The molecule has 0 aliphatic rings. The van der Waals surface area contributed by atoms with Crippen LogP contribution >= 0.6 is 0 Å². The van der Waals surface area contributed by atoms with E-state index in [2.05, 4.69) is 0 Å². The van der Waals surface area contributed by atoms with Crippen molar-refractivity contribution in [3.05, 3.63) is 35.9 Å². The Morgan fingerprint density at radius 1 is 1.24 bits per heavy atom. The molecule has 0 fully saturated rings. The molecule has 0 spiro atoms. The maximum atomic E-state index is 12.7. The first-order valence-electron chi connectivity index (χ1n) is 7.22. The van der Waals surface area contributed by atoms with Gasteiger partial charge in [0.05, 0.1) is 12.5 Å². The summed E-state index contributed by atoms with van der Waals surface area (Å²) in [7, 11) is 0. The number of benzene rings is 1. The van der Waals surface area contributed by atoms with Gasteiger partial charge in [0, 0.05) is 12.6 Å². The third kappa shape index (κ3) is 4.86. The lowest BCUT2D eigenvalue weighted by atomic mass is 9.97. The first-order chi connectivity index (χ1) is 10.0. The first-order valence-corrected chi connectivity index (χ1v) is 7.22. The summed E-state index contributed by atoms with van der Waals surface area (Å²) in [5, 5.41) is 0. The Labute approximate surface area is 126 Å². The minimum Gasteiger partial charge on any atom is -0.465 e. The number of nitrogens with zero attached hydrogens (tertiary/aromatic N) is 1. The summed E-state index contributed by atoms with van der Waals surface area (Å²) in [5.74, 6) is -0.988. The number of amides is 1. The molecule has 0 radical (unpaired) electrons. The molecule has 0 aromatic heterocycles. The van der Waals surface area contributed by atoms with Crippen LogP contribution in [0.15, 0.2) is 30.3 Å². The summed E-state index contributed by atoms with van der Waals surface area (Å²) in [6.45, 7) is 5.94. The molecule has 0 saturated heterocycles. The molecule has 21 heavy (non-hydrogen) atoms. The van der Waals surface area contributed by atoms with Crippen LogP contribution in [0.1, 0.15) is 32.3 Å². The van der Waals surface area contributed by atoms with E-state index in [0.29, 0.717) is 6.61 Å². The summed E-state index contributed by atoms with van der Waals surface area (Å²) in [5.41, 5.74) is 6.63. The molecule has 0 aliphatic heterocycles. The topological polar surface area (TPSA) is 72.6 Å². The highest BCUT2D eigenvalue weighted by atomic mass is 16.5. The number of ether oxygens (including phenoxy) is 1. The monoisotopic (exact) mass is 292 g/mol. The fraction of sp³-hybridized carbons (Fsp3) is 0.500. The van der Waals surface area contributed by atoms with Gasteiger partial charge in [-0.25, -0.2) is 0 Å². The molecule has 0 heterocycles. The minimum absolute atomic E-state index is 0.0479. The lowest BCUT2D eigenvalue weighted by Crippen LogP contribution is -2.45. The molecule has 2 N–H and O–H groups in total. The Kier molecular flexibility index (Phi) is 6.88. The molecule has 5 nitrogen and oxygen atoms in total. The average Bonchev–Trinajstić information content (AvgIpc) is 2.46. The van der Waals surface area contributed by atoms with E-state index in [9.17, 15) is 9.59 Å². The van der Waals surface area contributed by atoms with Gasteiger partial charge in [0.25, 0.3) is 0 Å². The second kappa shape index (κ2) is 8.42. The fourth-order valence-electron chi connectivity index (χ4n) is 2.13. The van der Waals surface area contributed by atoms with Crippen LogP contribution in [0.4, 0.5) is 0 Å². The van der Waals surface area contributed by atoms with E-state index in [1.165, 1.54) is 4.90 Å². The SMILES string of the molecule is CCOC(=O)CN(C(=O)C(CN)c1ccccc1)C(C)C. The zero-order chi connectivity index (χ0) is 15.8. The van der Waals surface area contributed by atoms with Crippen LogP contribution in [0.5, 0.6) is 0 Å². The van der Waals surface area contributed by atoms with Crippen molar-refractivity contribution in [1.29, 1.82) is 0 Å². The number of rotatable bonds is 7. The molecular formula is C16H24N2O3. The predicted molar refractivity (Wildman–Crippen MR) is 81.7 cm³/mol. The van der Waals surface area contributed by atoms with Crippen molar-refractivity contribution in [2.45, 2.75) is 32.7 Å². The molecule has 1 unspecified atom stereocenters. The van der Waals surface area contributed by atoms with Crippen molar-refractivity contribution < 1.29 is 14.3 Å². The lowest BCUT2D eigenvalue weighted by Gasteiger charge is -2.29. The Morgan fingerprint density at radius 2 is 1.86 bits per heavy atom. The van der Waals surface area contributed by atoms with E-state index >= 15 is 0 Å².